The Morgan fingerprint density at radius 3 is 2.14 bits per heavy atom. The summed E-state index contributed by atoms with van der Waals surface area (Å²) in [5.74, 6) is 0.922. The van der Waals surface area contributed by atoms with Gasteiger partial charge in [-0.3, -0.25) is 0 Å². The minimum Gasteiger partial charge on any atom is -0.320 e. The molecule has 3 heteroatoms. The first-order valence-corrected chi connectivity index (χ1v) is 7.63. The van der Waals surface area contributed by atoms with Crippen molar-refractivity contribution in [2.45, 2.75) is 40.0 Å². The maximum atomic E-state index is 4.70. The number of nitrogens with zero attached hydrogens (tertiary/aromatic N) is 2. The van der Waals surface area contributed by atoms with Crippen LogP contribution in [0.2, 0.25) is 0 Å². The summed E-state index contributed by atoms with van der Waals surface area (Å²) in [6, 6.07) is 8.59. The molecule has 3 nitrogen and oxygen atoms in total. The van der Waals surface area contributed by atoms with Crippen LogP contribution in [-0.2, 0) is 12.8 Å². The standard InChI is InChI=1S/C18H25N3/c1-13-7-9-16(10-8-13)12-18-20-14(2)17(15(3)21-18)6-5-11-19-4/h7-10,19H,5-6,11-12H2,1-4H3. The maximum Gasteiger partial charge on any atom is 0.133 e. The lowest BCUT2D eigenvalue weighted by Crippen LogP contribution is -2.11. The molecule has 1 aromatic heterocycles. The summed E-state index contributed by atoms with van der Waals surface area (Å²) in [6.45, 7) is 7.34. The van der Waals surface area contributed by atoms with Crippen LogP contribution in [0, 0.1) is 20.8 Å². The van der Waals surface area contributed by atoms with Gasteiger partial charge < -0.3 is 5.32 Å². The van der Waals surface area contributed by atoms with Gasteiger partial charge in [-0.1, -0.05) is 29.8 Å². The number of benzene rings is 1. The molecule has 0 aliphatic heterocycles. The van der Waals surface area contributed by atoms with Crippen LogP contribution in [0.4, 0.5) is 0 Å². The van der Waals surface area contributed by atoms with Gasteiger partial charge in [0.1, 0.15) is 5.82 Å². The summed E-state index contributed by atoms with van der Waals surface area (Å²) in [4.78, 5) is 9.40. The lowest BCUT2D eigenvalue weighted by atomic mass is 10.1. The Balaban J connectivity index is 2.13. The number of nitrogens with one attached hydrogen (secondary N) is 1. The highest BCUT2D eigenvalue weighted by molar-refractivity contribution is 5.28. The van der Waals surface area contributed by atoms with E-state index in [4.69, 9.17) is 9.97 Å². The van der Waals surface area contributed by atoms with E-state index in [1.54, 1.807) is 0 Å². The van der Waals surface area contributed by atoms with Crippen molar-refractivity contribution in [2.24, 2.45) is 0 Å². The van der Waals surface area contributed by atoms with Gasteiger partial charge in [0.2, 0.25) is 0 Å². The van der Waals surface area contributed by atoms with Crippen LogP contribution >= 0.6 is 0 Å². The third-order valence-corrected chi connectivity index (χ3v) is 3.80. The fourth-order valence-electron chi connectivity index (χ4n) is 2.58. The van der Waals surface area contributed by atoms with Gasteiger partial charge >= 0.3 is 0 Å². The molecule has 0 saturated carbocycles. The first kappa shape index (κ1) is 15.6. The summed E-state index contributed by atoms with van der Waals surface area (Å²) in [5.41, 5.74) is 6.11. The molecule has 0 aliphatic rings. The van der Waals surface area contributed by atoms with E-state index >= 15 is 0 Å². The van der Waals surface area contributed by atoms with Gasteiger partial charge in [0.15, 0.2) is 0 Å². The Labute approximate surface area is 127 Å². The highest BCUT2D eigenvalue weighted by Crippen LogP contribution is 2.15. The molecule has 112 valence electrons. The summed E-state index contributed by atoms with van der Waals surface area (Å²) < 4.78 is 0. The van der Waals surface area contributed by atoms with E-state index in [0.717, 1.165) is 43.0 Å². The van der Waals surface area contributed by atoms with Crippen LogP contribution in [0.25, 0.3) is 0 Å². The number of rotatable bonds is 6. The van der Waals surface area contributed by atoms with Crippen LogP contribution in [0.15, 0.2) is 24.3 Å². The smallest absolute Gasteiger partial charge is 0.133 e. The molecule has 0 bridgehead atoms. The number of hydrogen-bond acceptors (Lipinski definition) is 3. The highest BCUT2D eigenvalue weighted by Gasteiger charge is 2.08. The van der Waals surface area contributed by atoms with E-state index < -0.39 is 0 Å². The van der Waals surface area contributed by atoms with Crippen molar-refractivity contribution in [3.05, 3.63) is 58.2 Å². The average molecular weight is 283 g/mol. The van der Waals surface area contributed by atoms with Crippen molar-refractivity contribution in [1.29, 1.82) is 0 Å². The van der Waals surface area contributed by atoms with E-state index in [1.165, 1.54) is 16.7 Å². The van der Waals surface area contributed by atoms with Crippen LogP contribution in [0.3, 0.4) is 0 Å². The second-order valence-electron chi connectivity index (χ2n) is 5.66. The van der Waals surface area contributed by atoms with Crippen molar-refractivity contribution in [1.82, 2.24) is 15.3 Å². The molecule has 0 spiro atoms. The summed E-state index contributed by atoms with van der Waals surface area (Å²) >= 11 is 0. The molecule has 0 atom stereocenters. The Morgan fingerprint density at radius 2 is 1.57 bits per heavy atom. The first-order chi connectivity index (χ1) is 10.1. The normalized spacial score (nSPS) is 10.9. The number of hydrogen-bond donors (Lipinski definition) is 1. The molecule has 1 N–H and O–H groups in total. The zero-order chi connectivity index (χ0) is 15.2. The van der Waals surface area contributed by atoms with Gasteiger partial charge in [0.05, 0.1) is 0 Å². The second-order valence-corrected chi connectivity index (χ2v) is 5.66. The molecule has 0 saturated heterocycles. The summed E-state index contributed by atoms with van der Waals surface area (Å²) in [6.07, 6.45) is 2.97. The lowest BCUT2D eigenvalue weighted by molar-refractivity contribution is 0.712. The van der Waals surface area contributed by atoms with Gasteiger partial charge in [0.25, 0.3) is 0 Å². The first-order valence-electron chi connectivity index (χ1n) is 7.63. The quantitative estimate of drug-likeness (QED) is 0.828. The Kier molecular flexibility index (Phi) is 5.45. The molecular formula is C18H25N3. The Hall–Kier alpha value is -1.74. The van der Waals surface area contributed by atoms with Gasteiger partial charge in [-0.25, -0.2) is 9.97 Å². The number of aryl methyl sites for hydroxylation is 3. The minimum atomic E-state index is 0.804. The number of aromatic nitrogens is 2. The van der Waals surface area contributed by atoms with E-state index in [1.807, 2.05) is 7.05 Å². The molecule has 2 aromatic rings. The molecule has 0 unspecified atom stereocenters. The average Bonchev–Trinajstić information content (AvgIpc) is 2.44. The zero-order valence-electron chi connectivity index (χ0n) is 13.5. The molecule has 21 heavy (non-hydrogen) atoms. The van der Waals surface area contributed by atoms with Gasteiger partial charge in [-0.2, -0.15) is 0 Å². The largest absolute Gasteiger partial charge is 0.320 e. The van der Waals surface area contributed by atoms with E-state index in [0.29, 0.717) is 0 Å². The SMILES string of the molecule is CNCCCc1c(C)nc(Cc2ccc(C)cc2)nc1C. The van der Waals surface area contributed by atoms with Gasteiger partial charge in [0, 0.05) is 17.8 Å². The fourth-order valence-corrected chi connectivity index (χ4v) is 2.58. The van der Waals surface area contributed by atoms with Crippen molar-refractivity contribution in [3.63, 3.8) is 0 Å². The Bertz CT molecular complexity index is 565. The molecular weight excluding hydrogens is 258 g/mol. The van der Waals surface area contributed by atoms with Crippen molar-refractivity contribution >= 4 is 0 Å². The molecule has 1 heterocycles. The third-order valence-electron chi connectivity index (χ3n) is 3.80. The van der Waals surface area contributed by atoms with Crippen molar-refractivity contribution < 1.29 is 0 Å². The van der Waals surface area contributed by atoms with Crippen LogP contribution < -0.4 is 5.32 Å². The maximum absolute atomic E-state index is 4.70. The van der Waals surface area contributed by atoms with E-state index in [-0.39, 0.29) is 0 Å². The van der Waals surface area contributed by atoms with Crippen LogP contribution in [-0.4, -0.2) is 23.6 Å². The van der Waals surface area contributed by atoms with Crippen LogP contribution in [0.1, 0.15) is 40.3 Å². The minimum absolute atomic E-state index is 0.804. The topological polar surface area (TPSA) is 37.8 Å². The molecule has 0 amide bonds. The van der Waals surface area contributed by atoms with Crippen LogP contribution in [0.5, 0.6) is 0 Å². The molecule has 2 rings (SSSR count). The predicted molar refractivity (Wildman–Crippen MR) is 87.7 cm³/mol. The van der Waals surface area contributed by atoms with Crippen molar-refractivity contribution in [3.8, 4) is 0 Å². The molecule has 0 aliphatic carbocycles. The molecule has 1 aromatic carbocycles. The Morgan fingerprint density at radius 1 is 0.952 bits per heavy atom. The van der Waals surface area contributed by atoms with E-state index in [9.17, 15) is 0 Å². The third kappa shape index (κ3) is 4.36. The predicted octanol–water partition coefficient (Wildman–Crippen LogP) is 3.14. The molecule has 0 fully saturated rings. The zero-order valence-corrected chi connectivity index (χ0v) is 13.5. The fraction of sp³-hybridized carbons (Fsp3) is 0.444. The summed E-state index contributed by atoms with van der Waals surface area (Å²) in [5, 5.41) is 3.18. The lowest BCUT2D eigenvalue weighted by Gasteiger charge is -2.11. The van der Waals surface area contributed by atoms with Gasteiger partial charge in [-0.15, -0.1) is 0 Å². The monoisotopic (exact) mass is 283 g/mol. The van der Waals surface area contributed by atoms with E-state index in [2.05, 4.69) is 50.4 Å². The highest BCUT2D eigenvalue weighted by atomic mass is 14.9. The second kappa shape index (κ2) is 7.32. The van der Waals surface area contributed by atoms with Gasteiger partial charge in [-0.05, 0) is 58.3 Å². The van der Waals surface area contributed by atoms with Crippen molar-refractivity contribution in [2.75, 3.05) is 13.6 Å². The molecule has 0 radical (unpaired) electrons. The summed E-state index contributed by atoms with van der Waals surface area (Å²) in [7, 11) is 1.99.